The minimum atomic E-state index is -0.524. The largest absolute Gasteiger partial charge is 0.436 e. The van der Waals surface area contributed by atoms with Crippen LogP contribution in [0.15, 0.2) is 209 Å². The number of oxazole rings is 2. The van der Waals surface area contributed by atoms with Crippen molar-refractivity contribution < 1.29 is 8.83 Å². The normalized spacial score (nSPS) is 12.8. The van der Waals surface area contributed by atoms with Crippen LogP contribution in [-0.2, 0) is 5.41 Å². The molecule has 0 fully saturated rings. The Kier molecular flexibility index (Phi) is 7.32. The molecule has 0 amide bonds. The van der Waals surface area contributed by atoms with E-state index in [2.05, 4.69) is 157 Å². The van der Waals surface area contributed by atoms with Crippen LogP contribution >= 0.6 is 0 Å². The van der Waals surface area contributed by atoms with Crippen molar-refractivity contribution in [3.05, 3.63) is 222 Å². The van der Waals surface area contributed by atoms with Crippen molar-refractivity contribution in [2.45, 2.75) is 5.41 Å². The van der Waals surface area contributed by atoms with Gasteiger partial charge in [-0.05, 0) is 118 Å². The molecule has 0 unspecified atom stereocenters. The second-order valence-electron chi connectivity index (χ2n) is 14.2. The maximum Gasteiger partial charge on any atom is 0.227 e. The summed E-state index contributed by atoms with van der Waals surface area (Å²) >= 11 is 0. The molecule has 0 atom stereocenters. The standard InChI is InChI=1S/C51H33N3O2/c1-3-13-36(14-4-1)51(37-15-5-2-6-16-37)43-18-8-7-17-41(43)42-32-31-40(33-44(42)51)54(38-27-23-34(24-28-38)49-52-45-19-9-11-21-47(45)55-49)39-29-25-35(26-30-39)50-53-46-20-10-12-22-48(46)56-50/h1-33H. The molecule has 5 nitrogen and oxygen atoms in total. The van der Waals surface area contributed by atoms with Crippen LogP contribution in [0.1, 0.15) is 22.3 Å². The third-order valence-corrected chi connectivity index (χ3v) is 11.0. The predicted octanol–water partition coefficient (Wildman–Crippen LogP) is 13.1. The second-order valence-corrected chi connectivity index (χ2v) is 14.2. The molecule has 2 heterocycles. The molecule has 8 aromatic carbocycles. The molecule has 0 spiro atoms. The molecular formula is C51H33N3O2. The highest BCUT2D eigenvalue weighted by molar-refractivity contribution is 5.90. The Bertz CT molecular complexity index is 2800. The van der Waals surface area contributed by atoms with Crippen LogP contribution in [0.5, 0.6) is 0 Å². The van der Waals surface area contributed by atoms with E-state index >= 15 is 0 Å². The average Bonchev–Trinajstić information content (AvgIpc) is 3.98. The average molecular weight is 720 g/mol. The van der Waals surface area contributed by atoms with E-state index < -0.39 is 5.41 Å². The number of hydrogen-bond acceptors (Lipinski definition) is 5. The van der Waals surface area contributed by atoms with Gasteiger partial charge in [-0.25, -0.2) is 9.97 Å². The second kappa shape index (κ2) is 12.8. The zero-order valence-electron chi connectivity index (χ0n) is 30.2. The Labute approximate surface area is 323 Å². The molecule has 0 aliphatic heterocycles. The van der Waals surface area contributed by atoms with Crippen molar-refractivity contribution in [2.24, 2.45) is 0 Å². The lowest BCUT2D eigenvalue weighted by molar-refractivity contribution is 0.619. The summed E-state index contributed by atoms with van der Waals surface area (Å²) in [6.07, 6.45) is 0. The molecular weight excluding hydrogens is 687 g/mol. The maximum atomic E-state index is 6.15. The molecule has 2 aromatic heterocycles. The number of fused-ring (bicyclic) bond motifs is 5. The van der Waals surface area contributed by atoms with Crippen molar-refractivity contribution in [3.8, 4) is 34.0 Å². The Morgan fingerprint density at radius 2 is 0.821 bits per heavy atom. The van der Waals surface area contributed by atoms with Gasteiger partial charge in [-0.1, -0.05) is 115 Å². The lowest BCUT2D eigenvalue weighted by atomic mass is 9.67. The van der Waals surface area contributed by atoms with E-state index in [1.54, 1.807) is 0 Å². The first-order valence-electron chi connectivity index (χ1n) is 18.8. The number of hydrogen-bond donors (Lipinski definition) is 0. The minimum absolute atomic E-state index is 0.524. The first-order valence-corrected chi connectivity index (χ1v) is 18.8. The molecule has 0 N–H and O–H groups in total. The van der Waals surface area contributed by atoms with Crippen molar-refractivity contribution in [2.75, 3.05) is 4.90 Å². The summed E-state index contributed by atoms with van der Waals surface area (Å²) in [4.78, 5) is 11.8. The SMILES string of the molecule is c1ccc(C2(c3ccccc3)c3ccccc3-c3ccc(N(c4ccc(-c5nc6ccccc6o5)cc4)c4ccc(-c5nc6ccccc6o5)cc4)cc32)cc1. The van der Waals surface area contributed by atoms with Crippen molar-refractivity contribution in [1.29, 1.82) is 0 Å². The summed E-state index contributed by atoms with van der Waals surface area (Å²) in [6, 6.07) is 70.2. The minimum Gasteiger partial charge on any atom is -0.436 e. The molecule has 0 saturated carbocycles. The summed E-state index contributed by atoms with van der Waals surface area (Å²) in [5, 5.41) is 0. The zero-order valence-corrected chi connectivity index (χ0v) is 30.2. The van der Waals surface area contributed by atoms with Crippen molar-refractivity contribution in [1.82, 2.24) is 9.97 Å². The van der Waals surface area contributed by atoms with Gasteiger partial charge in [0.2, 0.25) is 11.8 Å². The van der Waals surface area contributed by atoms with Gasteiger partial charge in [0.1, 0.15) is 11.0 Å². The van der Waals surface area contributed by atoms with E-state index in [0.29, 0.717) is 11.8 Å². The third-order valence-electron chi connectivity index (χ3n) is 11.0. The Balaban J connectivity index is 1.09. The van der Waals surface area contributed by atoms with Crippen LogP contribution in [0.4, 0.5) is 17.1 Å². The molecule has 0 saturated heterocycles. The van der Waals surface area contributed by atoms with Gasteiger partial charge in [-0.2, -0.15) is 0 Å². The third kappa shape index (κ3) is 5.02. The molecule has 11 rings (SSSR count). The first-order chi connectivity index (χ1) is 27.7. The number of rotatable bonds is 7. The van der Waals surface area contributed by atoms with E-state index in [9.17, 15) is 0 Å². The fourth-order valence-corrected chi connectivity index (χ4v) is 8.52. The molecule has 0 bridgehead atoms. The highest BCUT2D eigenvalue weighted by Crippen LogP contribution is 2.57. The van der Waals surface area contributed by atoms with Crippen LogP contribution in [0, 0.1) is 0 Å². The molecule has 56 heavy (non-hydrogen) atoms. The van der Waals surface area contributed by atoms with Crippen LogP contribution < -0.4 is 4.90 Å². The van der Waals surface area contributed by atoms with E-state index in [-0.39, 0.29) is 0 Å². The summed E-state index contributed by atoms with van der Waals surface area (Å²) in [5.74, 6) is 1.19. The smallest absolute Gasteiger partial charge is 0.227 e. The molecule has 10 aromatic rings. The van der Waals surface area contributed by atoms with E-state index in [1.165, 1.54) is 33.4 Å². The summed E-state index contributed by atoms with van der Waals surface area (Å²) in [6.45, 7) is 0. The fourth-order valence-electron chi connectivity index (χ4n) is 8.52. The number of aromatic nitrogens is 2. The quantitative estimate of drug-likeness (QED) is 0.164. The van der Waals surface area contributed by atoms with Crippen LogP contribution in [-0.4, -0.2) is 9.97 Å². The Morgan fingerprint density at radius 3 is 1.36 bits per heavy atom. The van der Waals surface area contributed by atoms with Gasteiger partial charge in [0.25, 0.3) is 0 Å². The lowest BCUT2D eigenvalue weighted by Crippen LogP contribution is -2.28. The lowest BCUT2D eigenvalue weighted by Gasteiger charge is -2.35. The molecule has 0 radical (unpaired) electrons. The maximum absolute atomic E-state index is 6.15. The van der Waals surface area contributed by atoms with Gasteiger partial charge in [0, 0.05) is 28.2 Å². The van der Waals surface area contributed by atoms with E-state index in [4.69, 9.17) is 18.8 Å². The van der Waals surface area contributed by atoms with Gasteiger partial charge in [-0.15, -0.1) is 0 Å². The summed E-state index contributed by atoms with van der Waals surface area (Å²) < 4.78 is 12.3. The van der Waals surface area contributed by atoms with Crippen LogP contribution in [0.3, 0.4) is 0 Å². The molecule has 5 heteroatoms. The summed E-state index contributed by atoms with van der Waals surface area (Å²) in [5.41, 5.74) is 15.0. The van der Waals surface area contributed by atoms with Gasteiger partial charge in [0.05, 0.1) is 5.41 Å². The van der Waals surface area contributed by atoms with Gasteiger partial charge in [0.15, 0.2) is 11.2 Å². The van der Waals surface area contributed by atoms with E-state index in [1.807, 2.05) is 48.5 Å². The van der Waals surface area contributed by atoms with Crippen molar-refractivity contribution >= 4 is 39.3 Å². The topological polar surface area (TPSA) is 55.3 Å². The number of anilines is 3. The van der Waals surface area contributed by atoms with Gasteiger partial charge in [-0.3, -0.25) is 0 Å². The molecule has 264 valence electrons. The van der Waals surface area contributed by atoms with Crippen molar-refractivity contribution in [3.63, 3.8) is 0 Å². The number of nitrogens with zero attached hydrogens (tertiary/aromatic N) is 3. The highest BCUT2D eigenvalue weighted by Gasteiger charge is 2.46. The van der Waals surface area contributed by atoms with E-state index in [0.717, 1.165) is 50.4 Å². The fraction of sp³-hybridized carbons (Fsp3) is 0.0196. The number of para-hydroxylation sites is 4. The Morgan fingerprint density at radius 1 is 0.375 bits per heavy atom. The first kappa shape index (κ1) is 32.0. The molecule has 1 aliphatic rings. The predicted molar refractivity (Wildman–Crippen MR) is 224 cm³/mol. The number of benzene rings is 8. The molecule has 1 aliphatic carbocycles. The van der Waals surface area contributed by atoms with Gasteiger partial charge >= 0.3 is 0 Å². The zero-order chi connectivity index (χ0) is 37.1. The van der Waals surface area contributed by atoms with Crippen LogP contribution in [0.2, 0.25) is 0 Å². The Hall–Kier alpha value is -7.50. The highest BCUT2D eigenvalue weighted by atomic mass is 16.4. The monoisotopic (exact) mass is 719 g/mol. The van der Waals surface area contributed by atoms with Crippen LogP contribution in [0.25, 0.3) is 56.2 Å². The van der Waals surface area contributed by atoms with Gasteiger partial charge < -0.3 is 13.7 Å². The summed E-state index contributed by atoms with van der Waals surface area (Å²) in [7, 11) is 0.